The van der Waals surface area contributed by atoms with Gasteiger partial charge in [-0.1, -0.05) is 40.2 Å². The van der Waals surface area contributed by atoms with E-state index in [0.29, 0.717) is 17.5 Å². The number of hydrogen-bond acceptors (Lipinski definition) is 4. The lowest BCUT2D eigenvalue weighted by molar-refractivity contribution is -0.140. The van der Waals surface area contributed by atoms with E-state index in [0.717, 1.165) is 10.0 Å². The molecule has 0 radical (unpaired) electrons. The van der Waals surface area contributed by atoms with Crippen molar-refractivity contribution in [1.82, 2.24) is 15.1 Å². The molecule has 0 bridgehead atoms. The molecule has 0 aliphatic carbocycles. The number of carbonyl (C=O) groups excluding carboxylic acids is 4. The Morgan fingerprint density at radius 2 is 1.55 bits per heavy atom. The molecule has 1 aliphatic rings. The van der Waals surface area contributed by atoms with E-state index in [1.807, 2.05) is 38.1 Å². The average molecular weight is 514 g/mol. The molecule has 174 valence electrons. The molecule has 2 aromatic rings. The maximum Gasteiger partial charge on any atom is 0.261 e. The SMILES string of the molecule is CC(C)NC(=O)[C@@H](C)N(Cc1ccc(Br)cc1)C(=O)CCCN1C(=O)c2ccccc2C1=O. The summed E-state index contributed by atoms with van der Waals surface area (Å²) in [5.74, 6) is -1.10. The highest BCUT2D eigenvalue weighted by Gasteiger charge is 2.35. The number of nitrogens with zero attached hydrogens (tertiary/aromatic N) is 2. The van der Waals surface area contributed by atoms with E-state index in [1.165, 1.54) is 4.90 Å². The van der Waals surface area contributed by atoms with E-state index in [2.05, 4.69) is 21.2 Å². The van der Waals surface area contributed by atoms with Gasteiger partial charge in [0.05, 0.1) is 11.1 Å². The fourth-order valence-corrected chi connectivity index (χ4v) is 4.01. The molecule has 33 heavy (non-hydrogen) atoms. The number of halogens is 1. The van der Waals surface area contributed by atoms with Crippen molar-refractivity contribution in [2.75, 3.05) is 6.54 Å². The Hall–Kier alpha value is -3.00. The Kier molecular flexibility index (Phi) is 8.02. The van der Waals surface area contributed by atoms with Gasteiger partial charge in [0.1, 0.15) is 6.04 Å². The maximum atomic E-state index is 13.1. The Balaban J connectivity index is 1.66. The van der Waals surface area contributed by atoms with Crippen molar-refractivity contribution in [3.8, 4) is 0 Å². The number of hydrogen-bond donors (Lipinski definition) is 1. The van der Waals surface area contributed by atoms with Gasteiger partial charge in [0.2, 0.25) is 11.8 Å². The summed E-state index contributed by atoms with van der Waals surface area (Å²) in [6, 6.07) is 13.6. The molecule has 7 nitrogen and oxygen atoms in total. The number of imide groups is 1. The highest BCUT2D eigenvalue weighted by atomic mass is 79.9. The molecule has 1 N–H and O–H groups in total. The van der Waals surface area contributed by atoms with Gasteiger partial charge in [-0.3, -0.25) is 24.1 Å². The largest absolute Gasteiger partial charge is 0.352 e. The van der Waals surface area contributed by atoms with Gasteiger partial charge < -0.3 is 10.2 Å². The zero-order chi connectivity index (χ0) is 24.1. The second-order valence-electron chi connectivity index (χ2n) is 8.40. The predicted octanol–water partition coefficient (Wildman–Crippen LogP) is 3.77. The van der Waals surface area contributed by atoms with Gasteiger partial charge in [-0.25, -0.2) is 0 Å². The van der Waals surface area contributed by atoms with Gasteiger partial charge in [0.25, 0.3) is 11.8 Å². The van der Waals surface area contributed by atoms with Crippen LogP contribution in [-0.2, 0) is 16.1 Å². The fraction of sp³-hybridized carbons (Fsp3) is 0.360. The van der Waals surface area contributed by atoms with Crippen LogP contribution in [0.2, 0.25) is 0 Å². The van der Waals surface area contributed by atoms with Crippen molar-refractivity contribution in [2.45, 2.75) is 52.2 Å². The van der Waals surface area contributed by atoms with Gasteiger partial charge in [-0.2, -0.15) is 0 Å². The summed E-state index contributed by atoms with van der Waals surface area (Å²) >= 11 is 3.40. The quantitative estimate of drug-likeness (QED) is 0.517. The number of nitrogens with one attached hydrogen (secondary N) is 1. The van der Waals surface area contributed by atoms with E-state index in [4.69, 9.17) is 0 Å². The molecule has 1 heterocycles. The minimum absolute atomic E-state index is 0.0431. The zero-order valence-electron chi connectivity index (χ0n) is 19.0. The van der Waals surface area contributed by atoms with E-state index in [1.54, 1.807) is 36.1 Å². The van der Waals surface area contributed by atoms with Gasteiger partial charge >= 0.3 is 0 Å². The second kappa shape index (κ2) is 10.7. The molecular formula is C25H28BrN3O4. The maximum absolute atomic E-state index is 13.1. The molecule has 0 fully saturated rings. The van der Waals surface area contributed by atoms with Crippen LogP contribution in [0.3, 0.4) is 0 Å². The van der Waals surface area contributed by atoms with Gasteiger partial charge in [-0.15, -0.1) is 0 Å². The molecule has 0 saturated heterocycles. The molecule has 0 spiro atoms. The van der Waals surface area contributed by atoms with Crippen molar-refractivity contribution in [1.29, 1.82) is 0 Å². The topological polar surface area (TPSA) is 86.8 Å². The third kappa shape index (κ3) is 5.87. The molecule has 0 unspecified atom stereocenters. The zero-order valence-corrected chi connectivity index (χ0v) is 20.6. The Bertz CT molecular complexity index is 1020. The van der Waals surface area contributed by atoms with Crippen molar-refractivity contribution in [2.24, 2.45) is 0 Å². The number of amides is 4. The van der Waals surface area contributed by atoms with Crippen LogP contribution in [0.5, 0.6) is 0 Å². The highest BCUT2D eigenvalue weighted by Crippen LogP contribution is 2.23. The summed E-state index contributed by atoms with van der Waals surface area (Å²) in [5.41, 5.74) is 1.69. The second-order valence-corrected chi connectivity index (χ2v) is 9.31. The lowest BCUT2D eigenvalue weighted by Gasteiger charge is -2.29. The van der Waals surface area contributed by atoms with Crippen LogP contribution in [-0.4, -0.2) is 52.1 Å². The number of rotatable bonds is 9. The first kappa shape index (κ1) is 24.6. The average Bonchev–Trinajstić information content (AvgIpc) is 3.02. The van der Waals surface area contributed by atoms with E-state index >= 15 is 0 Å². The van der Waals surface area contributed by atoms with Gasteiger partial charge in [0, 0.05) is 30.0 Å². The highest BCUT2D eigenvalue weighted by molar-refractivity contribution is 9.10. The predicted molar refractivity (Wildman–Crippen MR) is 128 cm³/mol. The summed E-state index contributed by atoms with van der Waals surface area (Å²) in [6.07, 6.45) is 0.433. The molecular weight excluding hydrogens is 486 g/mol. The molecule has 1 aliphatic heterocycles. The number of carbonyl (C=O) groups is 4. The van der Waals surface area contributed by atoms with Crippen molar-refractivity contribution >= 4 is 39.6 Å². The van der Waals surface area contributed by atoms with Gasteiger partial charge in [0.15, 0.2) is 0 Å². The summed E-state index contributed by atoms with van der Waals surface area (Å²) in [6.45, 7) is 5.88. The van der Waals surface area contributed by atoms with Crippen LogP contribution in [0.1, 0.15) is 59.9 Å². The standard InChI is InChI=1S/C25H28BrN3O4/c1-16(2)27-23(31)17(3)29(15-18-10-12-19(26)13-11-18)22(30)9-6-14-28-24(32)20-7-4-5-8-21(20)25(28)33/h4-5,7-8,10-13,16-17H,6,9,14-15H2,1-3H3,(H,27,31)/t17-/m1/s1. The van der Waals surface area contributed by atoms with Crippen LogP contribution in [0.25, 0.3) is 0 Å². The minimum Gasteiger partial charge on any atom is -0.352 e. The summed E-state index contributed by atoms with van der Waals surface area (Å²) in [7, 11) is 0. The Morgan fingerprint density at radius 3 is 2.09 bits per heavy atom. The smallest absolute Gasteiger partial charge is 0.261 e. The van der Waals surface area contributed by atoms with Crippen molar-refractivity contribution < 1.29 is 19.2 Å². The van der Waals surface area contributed by atoms with Crippen LogP contribution in [0, 0.1) is 0 Å². The van der Waals surface area contributed by atoms with Crippen LogP contribution in [0.4, 0.5) is 0 Å². The van der Waals surface area contributed by atoms with Crippen LogP contribution >= 0.6 is 15.9 Å². The monoisotopic (exact) mass is 513 g/mol. The first-order valence-corrected chi connectivity index (χ1v) is 11.8. The summed E-state index contributed by atoms with van der Waals surface area (Å²) in [4.78, 5) is 53.6. The van der Waals surface area contributed by atoms with Crippen molar-refractivity contribution in [3.63, 3.8) is 0 Å². The molecule has 0 saturated carbocycles. The van der Waals surface area contributed by atoms with Crippen molar-refractivity contribution in [3.05, 3.63) is 69.7 Å². The summed E-state index contributed by atoms with van der Waals surface area (Å²) < 4.78 is 0.927. The third-order valence-electron chi connectivity index (χ3n) is 5.51. The minimum atomic E-state index is -0.664. The lowest BCUT2D eigenvalue weighted by atomic mass is 10.1. The molecule has 2 aromatic carbocycles. The van der Waals surface area contributed by atoms with E-state index < -0.39 is 6.04 Å². The summed E-state index contributed by atoms with van der Waals surface area (Å²) in [5, 5.41) is 2.86. The van der Waals surface area contributed by atoms with E-state index in [-0.39, 0.29) is 49.2 Å². The van der Waals surface area contributed by atoms with Crippen LogP contribution < -0.4 is 5.32 Å². The molecule has 3 rings (SSSR count). The van der Waals surface area contributed by atoms with Gasteiger partial charge in [-0.05, 0) is 57.0 Å². The fourth-order valence-electron chi connectivity index (χ4n) is 3.75. The third-order valence-corrected chi connectivity index (χ3v) is 6.04. The lowest BCUT2D eigenvalue weighted by Crippen LogP contribution is -2.49. The van der Waals surface area contributed by atoms with E-state index in [9.17, 15) is 19.2 Å². The Labute approximate surface area is 202 Å². The first-order chi connectivity index (χ1) is 15.7. The molecule has 4 amide bonds. The molecule has 8 heteroatoms. The first-order valence-electron chi connectivity index (χ1n) is 11.0. The van der Waals surface area contributed by atoms with Crippen LogP contribution in [0.15, 0.2) is 53.0 Å². The molecule has 0 aromatic heterocycles. The Morgan fingerprint density at radius 1 is 0.970 bits per heavy atom. The number of benzene rings is 2. The molecule has 1 atom stereocenters. The normalized spacial score (nSPS) is 13.8. The number of fused-ring (bicyclic) bond motifs is 1.